The van der Waals surface area contributed by atoms with Crippen LogP contribution in [0.5, 0.6) is 0 Å². The average Bonchev–Trinajstić information content (AvgIpc) is 3.09. The van der Waals surface area contributed by atoms with Crippen molar-refractivity contribution >= 4 is 34.5 Å². The molecule has 0 unspecified atom stereocenters. The van der Waals surface area contributed by atoms with E-state index in [0.29, 0.717) is 5.95 Å². The molecule has 2 aliphatic rings. The third kappa shape index (κ3) is 1.64. The Bertz CT molecular complexity index is 1100. The number of aromatic nitrogens is 2. The van der Waals surface area contributed by atoms with Gasteiger partial charge < -0.3 is 10.6 Å². The molecule has 1 atom stereocenters. The van der Waals surface area contributed by atoms with Crippen LogP contribution >= 0.6 is 0 Å². The maximum absolute atomic E-state index is 13.7. The zero-order valence-corrected chi connectivity index (χ0v) is 14.5. The molecule has 1 spiro atoms. The summed E-state index contributed by atoms with van der Waals surface area (Å²) in [5.74, 6) is 0.580. The van der Waals surface area contributed by atoms with Crippen molar-refractivity contribution in [2.75, 3.05) is 10.2 Å². The smallest absolute Gasteiger partial charge is 0.281 e. The average molecular weight is 346 g/mol. The van der Waals surface area contributed by atoms with Gasteiger partial charge in [-0.3, -0.25) is 14.7 Å². The van der Waals surface area contributed by atoms with Gasteiger partial charge >= 0.3 is 0 Å². The molecule has 0 saturated carbocycles. The minimum Gasteiger partial charge on any atom is -0.370 e. The van der Waals surface area contributed by atoms with E-state index in [9.17, 15) is 4.79 Å². The molecule has 0 radical (unpaired) electrons. The maximum Gasteiger partial charge on any atom is 0.281 e. The molecule has 3 heterocycles. The van der Waals surface area contributed by atoms with E-state index in [-0.39, 0.29) is 17.9 Å². The van der Waals surface area contributed by atoms with Crippen LogP contribution in [0.2, 0.25) is 0 Å². The molecule has 1 amide bonds. The zero-order valence-electron chi connectivity index (χ0n) is 14.5. The second-order valence-corrected chi connectivity index (χ2v) is 6.84. The molecule has 5 rings (SSSR count). The number of nitrogens with zero attached hydrogens (tertiary/aromatic N) is 4. The standard InChI is InChI=1S/C19H18N6O/c1-11(2)24-14-9-5-3-7-12(14)19(16(24)26)23-17(20)22-18-21-13-8-4-6-10-15(13)25(18)19/h3-11H,1-2H3,(H3,20,21,22,23)/t19-/m1/s1. The van der Waals surface area contributed by atoms with Gasteiger partial charge in [-0.25, -0.2) is 9.98 Å². The fraction of sp³-hybridized carbons (Fsp3) is 0.211. The van der Waals surface area contributed by atoms with Crippen LogP contribution in [-0.4, -0.2) is 27.5 Å². The molecule has 26 heavy (non-hydrogen) atoms. The lowest BCUT2D eigenvalue weighted by Crippen LogP contribution is -2.51. The van der Waals surface area contributed by atoms with Gasteiger partial charge in [-0.05, 0) is 32.0 Å². The fourth-order valence-electron chi connectivity index (χ4n) is 4.01. The molecule has 7 heteroatoms. The van der Waals surface area contributed by atoms with Gasteiger partial charge in [0.05, 0.1) is 16.7 Å². The number of hydrogen-bond acceptors (Lipinski definition) is 5. The van der Waals surface area contributed by atoms with Crippen LogP contribution < -0.4 is 16.0 Å². The molecule has 3 aromatic rings. The number of rotatable bonds is 1. The number of para-hydroxylation sites is 3. The summed E-state index contributed by atoms with van der Waals surface area (Å²) < 4.78 is 1.86. The van der Waals surface area contributed by atoms with Crippen molar-refractivity contribution in [2.45, 2.75) is 25.6 Å². The van der Waals surface area contributed by atoms with Gasteiger partial charge in [-0.1, -0.05) is 30.3 Å². The first-order chi connectivity index (χ1) is 12.5. The van der Waals surface area contributed by atoms with Crippen molar-refractivity contribution in [3.63, 3.8) is 0 Å². The number of carbonyl (C=O) groups excluding carboxylic acids is 1. The van der Waals surface area contributed by atoms with Gasteiger partial charge in [-0.15, -0.1) is 0 Å². The second-order valence-electron chi connectivity index (χ2n) is 6.84. The molecule has 1 aromatic heterocycles. The molecule has 0 aliphatic carbocycles. The van der Waals surface area contributed by atoms with Gasteiger partial charge in [-0.2, -0.15) is 0 Å². The summed E-state index contributed by atoms with van der Waals surface area (Å²) in [6.07, 6.45) is 0. The van der Waals surface area contributed by atoms with Crippen LogP contribution in [0.4, 0.5) is 11.6 Å². The van der Waals surface area contributed by atoms with E-state index in [1.165, 1.54) is 0 Å². The third-order valence-electron chi connectivity index (χ3n) is 4.98. The molecular weight excluding hydrogens is 328 g/mol. The summed E-state index contributed by atoms with van der Waals surface area (Å²) in [4.78, 5) is 24.8. The summed E-state index contributed by atoms with van der Waals surface area (Å²) in [7, 11) is 0. The number of imidazole rings is 1. The van der Waals surface area contributed by atoms with E-state index in [2.05, 4.69) is 15.3 Å². The van der Waals surface area contributed by atoms with Crippen molar-refractivity contribution in [3.05, 3.63) is 54.1 Å². The number of amides is 1. The Labute approximate surface area is 150 Å². The quantitative estimate of drug-likeness (QED) is 0.707. The fourth-order valence-corrected chi connectivity index (χ4v) is 4.01. The lowest BCUT2D eigenvalue weighted by atomic mass is 10.00. The minimum absolute atomic E-state index is 0.00688. The molecule has 0 fully saturated rings. The maximum atomic E-state index is 13.7. The SMILES string of the molecule is CC(C)N1C(=O)[C@@]2(N=C(N)Nc3nc4ccccc4n32)c2ccccc21. The van der Waals surface area contributed by atoms with E-state index in [1.807, 2.05) is 66.9 Å². The first-order valence-electron chi connectivity index (χ1n) is 8.57. The zero-order chi connectivity index (χ0) is 18.1. The molecule has 7 nitrogen and oxygen atoms in total. The minimum atomic E-state index is -1.28. The van der Waals surface area contributed by atoms with Crippen molar-refractivity contribution in [2.24, 2.45) is 10.7 Å². The Morgan fingerprint density at radius 3 is 2.65 bits per heavy atom. The molecule has 3 N–H and O–H groups in total. The van der Waals surface area contributed by atoms with E-state index in [1.54, 1.807) is 4.90 Å². The monoisotopic (exact) mass is 346 g/mol. The number of aliphatic imine (C=N–C) groups is 1. The number of carbonyl (C=O) groups is 1. The number of fused-ring (bicyclic) bond motifs is 6. The van der Waals surface area contributed by atoms with Gasteiger partial charge in [0.2, 0.25) is 11.6 Å². The molecule has 130 valence electrons. The Hall–Kier alpha value is -3.35. The summed E-state index contributed by atoms with van der Waals surface area (Å²) in [5.41, 5.74) is 8.09. The highest BCUT2D eigenvalue weighted by molar-refractivity contribution is 6.12. The summed E-state index contributed by atoms with van der Waals surface area (Å²) >= 11 is 0. The number of nitrogens with two attached hydrogens (primary N) is 1. The number of anilines is 2. The number of hydrogen-bond donors (Lipinski definition) is 2. The number of nitrogens with one attached hydrogen (secondary N) is 1. The van der Waals surface area contributed by atoms with Crippen molar-refractivity contribution in [3.8, 4) is 0 Å². The lowest BCUT2D eigenvalue weighted by molar-refractivity contribution is -0.124. The number of benzene rings is 2. The Balaban J connectivity index is 1.92. The van der Waals surface area contributed by atoms with Crippen LogP contribution in [0.25, 0.3) is 11.0 Å². The van der Waals surface area contributed by atoms with Crippen LogP contribution in [-0.2, 0) is 10.5 Å². The van der Waals surface area contributed by atoms with Crippen LogP contribution in [0.15, 0.2) is 53.5 Å². The predicted octanol–water partition coefficient (Wildman–Crippen LogP) is 2.23. The van der Waals surface area contributed by atoms with Gasteiger partial charge in [0.15, 0.2) is 5.96 Å². The first kappa shape index (κ1) is 14.9. The predicted molar refractivity (Wildman–Crippen MR) is 101 cm³/mol. The topological polar surface area (TPSA) is 88.5 Å². The Morgan fingerprint density at radius 2 is 1.85 bits per heavy atom. The van der Waals surface area contributed by atoms with E-state index >= 15 is 0 Å². The highest BCUT2D eigenvalue weighted by Gasteiger charge is 2.56. The van der Waals surface area contributed by atoms with E-state index in [4.69, 9.17) is 5.73 Å². The van der Waals surface area contributed by atoms with E-state index < -0.39 is 5.66 Å². The Morgan fingerprint density at radius 1 is 1.12 bits per heavy atom. The van der Waals surface area contributed by atoms with Gasteiger partial charge in [0.1, 0.15) is 0 Å². The Kier molecular flexibility index (Phi) is 2.79. The third-order valence-corrected chi connectivity index (χ3v) is 4.98. The highest BCUT2D eigenvalue weighted by atomic mass is 16.2. The molecule has 2 aromatic carbocycles. The van der Waals surface area contributed by atoms with Gasteiger partial charge in [0, 0.05) is 11.6 Å². The van der Waals surface area contributed by atoms with E-state index in [0.717, 1.165) is 22.3 Å². The van der Waals surface area contributed by atoms with Gasteiger partial charge in [0.25, 0.3) is 5.91 Å². The largest absolute Gasteiger partial charge is 0.370 e. The molecule has 2 aliphatic heterocycles. The van der Waals surface area contributed by atoms with Crippen molar-refractivity contribution in [1.82, 2.24) is 9.55 Å². The second kappa shape index (κ2) is 4.85. The van der Waals surface area contributed by atoms with Crippen molar-refractivity contribution < 1.29 is 4.79 Å². The van der Waals surface area contributed by atoms with Crippen molar-refractivity contribution in [1.29, 1.82) is 0 Å². The lowest BCUT2D eigenvalue weighted by Gasteiger charge is -2.32. The molecule has 0 bridgehead atoms. The summed E-state index contributed by atoms with van der Waals surface area (Å²) in [6, 6.07) is 15.4. The van der Waals surface area contributed by atoms with Crippen LogP contribution in [0, 0.1) is 0 Å². The van der Waals surface area contributed by atoms with Crippen LogP contribution in [0.3, 0.4) is 0 Å². The first-order valence-corrected chi connectivity index (χ1v) is 8.57. The normalized spacial score (nSPS) is 21.1. The highest BCUT2D eigenvalue weighted by Crippen LogP contribution is 2.48. The molecular formula is C19H18N6O. The summed E-state index contributed by atoms with van der Waals surface area (Å²) in [6.45, 7) is 3.99. The number of guanidine groups is 1. The van der Waals surface area contributed by atoms with Crippen LogP contribution in [0.1, 0.15) is 19.4 Å². The summed E-state index contributed by atoms with van der Waals surface area (Å²) in [5, 5.41) is 3.00. The molecule has 0 saturated heterocycles.